The predicted octanol–water partition coefficient (Wildman–Crippen LogP) is 4.81. The van der Waals surface area contributed by atoms with E-state index in [2.05, 4.69) is 40.2 Å². The van der Waals surface area contributed by atoms with Gasteiger partial charge in [-0.15, -0.1) is 0 Å². The molecule has 1 aromatic carbocycles. The summed E-state index contributed by atoms with van der Waals surface area (Å²) in [5.41, 5.74) is 1.54. The van der Waals surface area contributed by atoms with E-state index in [1.807, 2.05) is 0 Å². The minimum absolute atomic E-state index is 0.105. The molecule has 0 spiro atoms. The average Bonchev–Trinajstić information content (AvgIpc) is 2.41. The molecule has 4 rings (SSSR count). The molecule has 1 aromatic rings. The maximum atomic E-state index is 11.6. The molecule has 0 aliphatic heterocycles. The van der Waals surface area contributed by atoms with Crippen molar-refractivity contribution in [2.45, 2.75) is 43.9 Å². The van der Waals surface area contributed by atoms with Crippen LogP contribution in [-0.2, 0) is 10.2 Å². The van der Waals surface area contributed by atoms with Crippen molar-refractivity contribution in [2.24, 2.45) is 5.41 Å². The topological polar surface area (TPSA) is 17.1 Å². The maximum Gasteiger partial charge on any atom is 0.227 e. The fourth-order valence-corrected chi connectivity index (χ4v) is 4.26. The second kappa shape index (κ2) is 4.35. The van der Waals surface area contributed by atoms with Crippen LogP contribution in [0.1, 0.15) is 44.1 Å². The Balaban J connectivity index is 1.88. The highest BCUT2D eigenvalue weighted by Gasteiger charge is 2.52. The quantitative estimate of drug-likeness (QED) is 0.713. The maximum absolute atomic E-state index is 11.6. The Labute approximate surface area is 121 Å². The number of halogens is 2. The number of hydrogen-bond donors (Lipinski definition) is 0. The van der Waals surface area contributed by atoms with Crippen molar-refractivity contribution >= 4 is 32.8 Å². The molecule has 18 heavy (non-hydrogen) atoms. The van der Waals surface area contributed by atoms with Crippen molar-refractivity contribution in [2.75, 3.05) is 0 Å². The lowest BCUT2D eigenvalue weighted by Crippen LogP contribution is -2.46. The van der Waals surface area contributed by atoms with E-state index in [4.69, 9.17) is 11.6 Å². The summed E-state index contributed by atoms with van der Waals surface area (Å²) in [7, 11) is 0. The molecule has 0 radical (unpaired) electrons. The van der Waals surface area contributed by atoms with Crippen LogP contribution in [0.5, 0.6) is 0 Å². The van der Waals surface area contributed by atoms with Crippen LogP contribution in [0, 0.1) is 5.41 Å². The first-order chi connectivity index (χ1) is 8.56. The molecule has 2 bridgehead atoms. The van der Waals surface area contributed by atoms with E-state index in [9.17, 15) is 4.79 Å². The standard InChI is InChI=1S/C15H16BrClO/c16-12-3-1-11(2-4-12)14-5-8-15(9-6-14,10-7-14)13(17)18/h1-4H,5-10H2. The van der Waals surface area contributed by atoms with E-state index in [-0.39, 0.29) is 10.7 Å². The second-order valence-electron chi connectivity index (χ2n) is 5.84. The largest absolute Gasteiger partial charge is 0.281 e. The van der Waals surface area contributed by atoms with Crippen LogP contribution in [0.25, 0.3) is 0 Å². The lowest BCUT2D eigenvalue weighted by Gasteiger charge is -2.52. The Hall–Kier alpha value is -0.340. The second-order valence-corrected chi connectivity index (χ2v) is 7.10. The fourth-order valence-electron chi connectivity index (χ4n) is 3.72. The predicted molar refractivity (Wildman–Crippen MR) is 76.8 cm³/mol. The Kier molecular flexibility index (Phi) is 3.06. The van der Waals surface area contributed by atoms with Gasteiger partial charge in [0.2, 0.25) is 5.24 Å². The number of benzene rings is 1. The SMILES string of the molecule is O=C(Cl)C12CCC(c3ccc(Br)cc3)(CC1)CC2. The smallest absolute Gasteiger partial charge is 0.227 e. The highest BCUT2D eigenvalue weighted by molar-refractivity contribution is 9.10. The van der Waals surface area contributed by atoms with E-state index < -0.39 is 0 Å². The Morgan fingerprint density at radius 2 is 1.50 bits per heavy atom. The molecular formula is C15H16BrClO. The van der Waals surface area contributed by atoms with Gasteiger partial charge >= 0.3 is 0 Å². The zero-order chi connectivity index (χ0) is 12.8. The number of rotatable bonds is 2. The van der Waals surface area contributed by atoms with Gasteiger partial charge in [-0.25, -0.2) is 0 Å². The summed E-state index contributed by atoms with van der Waals surface area (Å²) in [6.07, 6.45) is 6.20. The van der Waals surface area contributed by atoms with Gasteiger partial charge in [-0.2, -0.15) is 0 Å². The van der Waals surface area contributed by atoms with E-state index in [0.29, 0.717) is 5.41 Å². The number of carbonyl (C=O) groups is 1. The van der Waals surface area contributed by atoms with Gasteiger partial charge in [0, 0.05) is 9.89 Å². The molecule has 0 atom stereocenters. The van der Waals surface area contributed by atoms with Crippen LogP contribution < -0.4 is 0 Å². The van der Waals surface area contributed by atoms with Crippen molar-refractivity contribution < 1.29 is 4.79 Å². The molecule has 0 unspecified atom stereocenters. The Morgan fingerprint density at radius 3 is 1.94 bits per heavy atom. The zero-order valence-electron chi connectivity index (χ0n) is 10.2. The third-order valence-electron chi connectivity index (χ3n) is 5.12. The summed E-state index contributed by atoms with van der Waals surface area (Å²) in [5, 5.41) is -0.105. The van der Waals surface area contributed by atoms with E-state index in [1.54, 1.807) is 0 Å². The van der Waals surface area contributed by atoms with Gasteiger partial charge in [0.1, 0.15) is 0 Å². The highest BCUT2D eigenvalue weighted by Crippen LogP contribution is 2.58. The molecule has 0 saturated heterocycles. The van der Waals surface area contributed by atoms with Crippen molar-refractivity contribution in [1.29, 1.82) is 0 Å². The average molecular weight is 328 g/mol. The summed E-state index contributed by atoms with van der Waals surface area (Å²) < 4.78 is 1.12. The minimum atomic E-state index is -0.196. The van der Waals surface area contributed by atoms with Gasteiger partial charge in [0.05, 0.1) is 0 Å². The van der Waals surface area contributed by atoms with Gasteiger partial charge in [-0.05, 0) is 73.2 Å². The van der Waals surface area contributed by atoms with Crippen LogP contribution in [0.3, 0.4) is 0 Å². The van der Waals surface area contributed by atoms with Crippen molar-refractivity contribution in [3.8, 4) is 0 Å². The number of fused-ring (bicyclic) bond motifs is 3. The van der Waals surface area contributed by atoms with Gasteiger partial charge < -0.3 is 0 Å². The Morgan fingerprint density at radius 1 is 1.00 bits per heavy atom. The monoisotopic (exact) mass is 326 g/mol. The lowest BCUT2D eigenvalue weighted by atomic mass is 9.52. The van der Waals surface area contributed by atoms with E-state index >= 15 is 0 Å². The molecular weight excluding hydrogens is 312 g/mol. The molecule has 3 aliphatic rings. The zero-order valence-corrected chi connectivity index (χ0v) is 12.6. The molecule has 0 heterocycles. The molecule has 3 heteroatoms. The third kappa shape index (κ3) is 1.85. The van der Waals surface area contributed by atoms with Crippen LogP contribution >= 0.6 is 27.5 Å². The summed E-state index contributed by atoms with van der Waals surface area (Å²) in [5.74, 6) is 0. The lowest BCUT2D eigenvalue weighted by molar-refractivity contribution is -0.126. The van der Waals surface area contributed by atoms with Gasteiger partial charge in [0.25, 0.3) is 0 Å². The normalized spacial score (nSPS) is 34.6. The minimum Gasteiger partial charge on any atom is -0.281 e. The first-order valence-electron chi connectivity index (χ1n) is 6.52. The summed E-state index contributed by atoms with van der Waals surface area (Å²) >= 11 is 9.29. The molecule has 0 N–H and O–H groups in total. The van der Waals surface area contributed by atoms with E-state index in [0.717, 1.165) is 43.0 Å². The molecule has 3 fully saturated rings. The number of hydrogen-bond acceptors (Lipinski definition) is 1. The Bertz CT molecular complexity index is 455. The van der Waals surface area contributed by atoms with E-state index in [1.165, 1.54) is 5.56 Å². The van der Waals surface area contributed by atoms with Crippen molar-refractivity contribution in [1.82, 2.24) is 0 Å². The first-order valence-corrected chi connectivity index (χ1v) is 7.70. The molecule has 3 saturated carbocycles. The first kappa shape index (κ1) is 12.7. The molecule has 0 amide bonds. The summed E-state index contributed by atoms with van der Waals surface area (Å²) in [6, 6.07) is 8.69. The van der Waals surface area contributed by atoms with Crippen LogP contribution in [0.2, 0.25) is 0 Å². The molecule has 3 aliphatic carbocycles. The highest BCUT2D eigenvalue weighted by atomic mass is 79.9. The van der Waals surface area contributed by atoms with Crippen LogP contribution in [-0.4, -0.2) is 5.24 Å². The fraction of sp³-hybridized carbons (Fsp3) is 0.533. The molecule has 96 valence electrons. The molecule has 1 nitrogen and oxygen atoms in total. The molecule has 0 aromatic heterocycles. The van der Waals surface area contributed by atoms with Gasteiger partial charge in [-0.3, -0.25) is 4.79 Å². The third-order valence-corrected chi connectivity index (χ3v) is 6.05. The van der Waals surface area contributed by atoms with Crippen LogP contribution in [0.4, 0.5) is 0 Å². The number of carbonyl (C=O) groups excluding carboxylic acids is 1. The summed E-state index contributed by atoms with van der Waals surface area (Å²) in [6.45, 7) is 0. The summed E-state index contributed by atoms with van der Waals surface area (Å²) in [4.78, 5) is 11.6. The van der Waals surface area contributed by atoms with Gasteiger partial charge in [0.15, 0.2) is 0 Å². The van der Waals surface area contributed by atoms with Gasteiger partial charge in [-0.1, -0.05) is 28.1 Å². The van der Waals surface area contributed by atoms with Crippen molar-refractivity contribution in [3.05, 3.63) is 34.3 Å². The van der Waals surface area contributed by atoms with Crippen molar-refractivity contribution in [3.63, 3.8) is 0 Å². The van der Waals surface area contributed by atoms with Crippen LogP contribution in [0.15, 0.2) is 28.7 Å².